The number of carbonyl (C=O) groups is 1. The molecular formula is C18H26N4O3. The lowest BCUT2D eigenvalue weighted by Gasteiger charge is -2.35. The fourth-order valence-corrected chi connectivity index (χ4v) is 3.03. The minimum Gasteiger partial charge on any atom is -0.461 e. The Bertz CT molecular complexity index is 660. The molecule has 0 bridgehead atoms. The Labute approximate surface area is 147 Å². The van der Waals surface area contributed by atoms with Crippen molar-refractivity contribution in [2.75, 3.05) is 19.6 Å². The molecule has 7 nitrogen and oxygen atoms in total. The molecule has 136 valence electrons. The maximum Gasteiger partial charge on any atom is 0.238 e. The SMILES string of the molecule is CC1CCN([C@@H](C)CNC(=O)CCc2nc(-c3ccco3)no2)CC1. The summed E-state index contributed by atoms with van der Waals surface area (Å²) in [6, 6.07) is 3.90. The number of hydrogen-bond acceptors (Lipinski definition) is 6. The van der Waals surface area contributed by atoms with Crippen molar-refractivity contribution in [1.29, 1.82) is 0 Å². The standard InChI is InChI=1S/C18H26N4O3/c1-13-7-9-22(10-8-13)14(2)12-19-16(23)5-6-17-20-18(21-25-17)15-4-3-11-24-15/h3-4,11,13-14H,5-10,12H2,1-2H3,(H,19,23)/t14-/m0/s1. The van der Waals surface area contributed by atoms with E-state index in [1.165, 1.54) is 12.8 Å². The van der Waals surface area contributed by atoms with Crippen molar-refractivity contribution < 1.29 is 13.7 Å². The van der Waals surface area contributed by atoms with Crippen LogP contribution in [-0.4, -0.2) is 46.6 Å². The second kappa shape index (κ2) is 8.29. The van der Waals surface area contributed by atoms with Gasteiger partial charge in [0.15, 0.2) is 5.76 Å². The Kier molecular flexibility index (Phi) is 5.86. The van der Waals surface area contributed by atoms with E-state index < -0.39 is 0 Å². The molecule has 1 aliphatic rings. The highest BCUT2D eigenvalue weighted by Crippen LogP contribution is 2.18. The molecule has 3 heterocycles. The molecule has 1 N–H and O–H groups in total. The van der Waals surface area contributed by atoms with Gasteiger partial charge < -0.3 is 14.3 Å². The molecule has 3 rings (SSSR count). The van der Waals surface area contributed by atoms with E-state index in [9.17, 15) is 4.79 Å². The van der Waals surface area contributed by atoms with Crippen molar-refractivity contribution in [1.82, 2.24) is 20.4 Å². The summed E-state index contributed by atoms with van der Waals surface area (Å²) in [5, 5.41) is 6.87. The number of hydrogen-bond donors (Lipinski definition) is 1. The lowest BCUT2D eigenvalue weighted by atomic mass is 9.98. The Morgan fingerprint density at radius 3 is 2.96 bits per heavy atom. The molecule has 1 saturated heterocycles. The van der Waals surface area contributed by atoms with E-state index in [1.807, 2.05) is 0 Å². The van der Waals surface area contributed by atoms with Gasteiger partial charge in [0.25, 0.3) is 0 Å². The maximum absolute atomic E-state index is 12.1. The van der Waals surface area contributed by atoms with E-state index in [0.717, 1.165) is 19.0 Å². The zero-order chi connectivity index (χ0) is 17.6. The summed E-state index contributed by atoms with van der Waals surface area (Å²) in [6.07, 6.45) is 4.81. The van der Waals surface area contributed by atoms with Gasteiger partial charge in [-0.15, -0.1) is 0 Å². The monoisotopic (exact) mass is 346 g/mol. The number of rotatable bonds is 7. The Morgan fingerprint density at radius 1 is 1.44 bits per heavy atom. The number of piperidine rings is 1. The van der Waals surface area contributed by atoms with E-state index in [2.05, 4.69) is 34.2 Å². The zero-order valence-electron chi connectivity index (χ0n) is 14.9. The third-order valence-electron chi connectivity index (χ3n) is 4.81. The van der Waals surface area contributed by atoms with Gasteiger partial charge >= 0.3 is 0 Å². The van der Waals surface area contributed by atoms with E-state index in [-0.39, 0.29) is 5.91 Å². The molecule has 1 atom stereocenters. The van der Waals surface area contributed by atoms with Crippen LogP contribution in [-0.2, 0) is 11.2 Å². The number of nitrogens with zero attached hydrogens (tertiary/aromatic N) is 3. The third-order valence-corrected chi connectivity index (χ3v) is 4.81. The normalized spacial score (nSPS) is 17.5. The predicted molar refractivity (Wildman–Crippen MR) is 92.8 cm³/mol. The van der Waals surface area contributed by atoms with Crippen molar-refractivity contribution in [3.63, 3.8) is 0 Å². The summed E-state index contributed by atoms with van der Waals surface area (Å²) in [6.45, 7) is 7.39. The molecule has 1 aliphatic heterocycles. The predicted octanol–water partition coefficient (Wildman–Crippen LogP) is 2.50. The van der Waals surface area contributed by atoms with Gasteiger partial charge in [-0.2, -0.15) is 4.98 Å². The molecule has 0 radical (unpaired) electrons. The van der Waals surface area contributed by atoms with Crippen LogP contribution in [0.1, 0.15) is 39.0 Å². The van der Waals surface area contributed by atoms with E-state index >= 15 is 0 Å². The van der Waals surface area contributed by atoms with Crippen LogP contribution >= 0.6 is 0 Å². The van der Waals surface area contributed by atoms with Crippen LogP contribution in [0.3, 0.4) is 0 Å². The number of carbonyl (C=O) groups excluding carboxylic acids is 1. The van der Waals surface area contributed by atoms with Crippen molar-refractivity contribution in [2.45, 2.75) is 45.6 Å². The number of amides is 1. The molecule has 7 heteroatoms. The van der Waals surface area contributed by atoms with Gasteiger partial charge in [0.2, 0.25) is 17.6 Å². The van der Waals surface area contributed by atoms with Crippen LogP contribution in [0.4, 0.5) is 0 Å². The summed E-state index contributed by atoms with van der Waals surface area (Å²) >= 11 is 0. The highest BCUT2D eigenvalue weighted by Gasteiger charge is 2.20. The lowest BCUT2D eigenvalue weighted by Crippen LogP contribution is -2.45. The average Bonchev–Trinajstić information content (AvgIpc) is 3.29. The quantitative estimate of drug-likeness (QED) is 0.829. The summed E-state index contributed by atoms with van der Waals surface area (Å²) < 4.78 is 10.4. The fourth-order valence-electron chi connectivity index (χ4n) is 3.03. The average molecular weight is 346 g/mol. The lowest BCUT2D eigenvalue weighted by molar-refractivity contribution is -0.121. The molecule has 25 heavy (non-hydrogen) atoms. The van der Waals surface area contributed by atoms with Crippen LogP contribution in [0, 0.1) is 5.92 Å². The third kappa shape index (κ3) is 4.92. The van der Waals surface area contributed by atoms with Crippen LogP contribution < -0.4 is 5.32 Å². The first-order valence-corrected chi connectivity index (χ1v) is 8.99. The van der Waals surface area contributed by atoms with Gasteiger partial charge in [0.05, 0.1) is 6.26 Å². The van der Waals surface area contributed by atoms with Crippen LogP contribution in [0.15, 0.2) is 27.3 Å². The highest BCUT2D eigenvalue weighted by atomic mass is 16.5. The van der Waals surface area contributed by atoms with Crippen molar-refractivity contribution >= 4 is 5.91 Å². The molecule has 1 fully saturated rings. The number of furan rings is 1. The van der Waals surface area contributed by atoms with Crippen LogP contribution in [0.25, 0.3) is 11.6 Å². The first-order chi connectivity index (χ1) is 12.1. The Balaban J connectivity index is 1.38. The van der Waals surface area contributed by atoms with Gasteiger partial charge in [0, 0.05) is 25.4 Å². The number of aryl methyl sites for hydroxylation is 1. The molecular weight excluding hydrogens is 320 g/mol. The first kappa shape index (κ1) is 17.7. The minimum absolute atomic E-state index is 0.00924. The molecule has 2 aromatic heterocycles. The second-order valence-corrected chi connectivity index (χ2v) is 6.86. The molecule has 0 aliphatic carbocycles. The highest BCUT2D eigenvalue weighted by molar-refractivity contribution is 5.76. The number of aromatic nitrogens is 2. The van der Waals surface area contributed by atoms with Gasteiger partial charge in [-0.25, -0.2) is 0 Å². The van der Waals surface area contributed by atoms with Crippen LogP contribution in [0.2, 0.25) is 0 Å². The number of nitrogens with one attached hydrogen (secondary N) is 1. The molecule has 0 aromatic carbocycles. The molecule has 0 unspecified atom stereocenters. The summed E-state index contributed by atoms with van der Waals surface area (Å²) in [4.78, 5) is 18.7. The van der Waals surface area contributed by atoms with E-state index in [4.69, 9.17) is 8.94 Å². The molecule has 1 amide bonds. The smallest absolute Gasteiger partial charge is 0.238 e. The summed E-state index contributed by atoms with van der Waals surface area (Å²) in [5.41, 5.74) is 0. The topological polar surface area (TPSA) is 84.4 Å². The molecule has 0 spiro atoms. The van der Waals surface area contributed by atoms with Crippen LogP contribution in [0.5, 0.6) is 0 Å². The van der Waals surface area contributed by atoms with E-state index in [1.54, 1.807) is 18.4 Å². The Hall–Kier alpha value is -2.15. The van der Waals surface area contributed by atoms with Crippen molar-refractivity contribution in [3.8, 4) is 11.6 Å². The van der Waals surface area contributed by atoms with Gasteiger partial charge in [-0.1, -0.05) is 12.1 Å². The molecule has 0 saturated carbocycles. The van der Waals surface area contributed by atoms with E-state index in [0.29, 0.717) is 42.9 Å². The van der Waals surface area contributed by atoms with Crippen molar-refractivity contribution in [3.05, 3.63) is 24.3 Å². The summed E-state index contributed by atoms with van der Waals surface area (Å²) in [5.74, 6) is 2.24. The fraction of sp³-hybridized carbons (Fsp3) is 0.611. The number of likely N-dealkylation sites (tertiary alicyclic amines) is 1. The van der Waals surface area contributed by atoms with Gasteiger partial charge in [0.1, 0.15) is 0 Å². The van der Waals surface area contributed by atoms with Crippen molar-refractivity contribution in [2.24, 2.45) is 5.92 Å². The minimum atomic E-state index is 0.00924. The molecule has 2 aromatic rings. The largest absolute Gasteiger partial charge is 0.461 e. The maximum atomic E-state index is 12.1. The first-order valence-electron chi connectivity index (χ1n) is 8.99. The summed E-state index contributed by atoms with van der Waals surface area (Å²) in [7, 11) is 0. The zero-order valence-corrected chi connectivity index (χ0v) is 14.9. The Morgan fingerprint density at radius 2 is 2.24 bits per heavy atom. The van der Waals surface area contributed by atoms with Gasteiger partial charge in [-0.05, 0) is 50.9 Å². The van der Waals surface area contributed by atoms with Gasteiger partial charge in [-0.3, -0.25) is 9.69 Å². The second-order valence-electron chi connectivity index (χ2n) is 6.86.